The van der Waals surface area contributed by atoms with Gasteiger partial charge in [0.15, 0.2) is 0 Å². The molecule has 1 aliphatic rings. The van der Waals surface area contributed by atoms with Crippen molar-refractivity contribution in [3.8, 4) is 0 Å². The second-order valence-electron chi connectivity index (χ2n) is 4.77. The molecule has 0 atom stereocenters. The normalized spacial score (nSPS) is 18.3. The molecule has 88 valence electrons. The zero-order chi connectivity index (χ0) is 11.8. The third-order valence-corrected chi connectivity index (χ3v) is 3.86. The van der Waals surface area contributed by atoms with E-state index < -0.39 is 0 Å². The largest absolute Gasteiger partial charge is 0.399 e. The predicted molar refractivity (Wildman–Crippen MR) is 66.0 cm³/mol. The molecule has 0 radical (unpaired) electrons. The van der Waals surface area contributed by atoms with Gasteiger partial charge in [-0.2, -0.15) is 0 Å². The Labute approximate surface area is 96.2 Å². The summed E-state index contributed by atoms with van der Waals surface area (Å²) in [5.74, 6) is -0.171. The SMILES string of the molecule is CCC1(CC)CN(c2cc(N)ccc2F)C1. The van der Waals surface area contributed by atoms with E-state index in [4.69, 9.17) is 5.73 Å². The minimum Gasteiger partial charge on any atom is -0.399 e. The Morgan fingerprint density at radius 2 is 1.94 bits per heavy atom. The fraction of sp³-hybridized carbons (Fsp3) is 0.538. The Morgan fingerprint density at radius 3 is 2.50 bits per heavy atom. The number of hydrogen-bond donors (Lipinski definition) is 1. The average Bonchev–Trinajstić information content (AvgIpc) is 2.23. The lowest BCUT2D eigenvalue weighted by Gasteiger charge is -2.51. The van der Waals surface area contributed by atoms with E-state index in [1.807, 2.05) is 0 Å². The van der Waals surface area contributed by atoms with Crippen molar-refractivity contribution in [2.45, 2.75) is 26.7 Å². The van der Waals surface area contributed by atoms with Gasteiger partial charge >= 0.3 is 0 Å². The summed E-state index contributed by atoms with van der Waals surface area (Å²) in [5.41, 5.74) is 7.35. The predicted octanol–water partition coefficient (Wildman–Crippen LogP) is 3.03. The smallest absolute Gasteiger partial charge is 0.146 e. The van der Waals surface area contributed by atoms with E-state index in [0.717, 1.165) is 25.9 Å². The van der Waals surface area contributed by atoms with E-state index >= 15 is 0 Å². The van der Waals surface area contributed by atoms with Gasteiger partial charge in [0.25, 0.3) is 0 Å². The summed E-state index contributed by atoms with van der Waals surface area (Å²) in [6, 6.07) is 4.78. The van der Waals surface area contributed by atoms with Crippen LogP contribution < -0.4 is 10.6 Å². The van der Waals surface area contributed by atoms with Crippen LogP contribution in [0.5, 0.6) is 0 Å². The Kier molecular flexibility index (Phi) is 2.78. The van der Waals surface area contributed by atoms with Crippen LogP contribution in [0, 0.1) is 11.2 Å². The maximum absolute atomic E-state index is 13.6. The van der Waals surface area contributed by atoms with Crippen LogP contribution in [0.3, 0.4) is 0 Å². The maximum atomic E-state index is 13.6. The van der Waals surface area contributed by atoms with Crippen molar-refractivity contribution in [1.29, 1.82) is 0 Å². The van der Waals surface area contributed by atoms with Crippen molar-refractivity contribution in [2.75, 3.05) is 23.7 Å². The molecule has 3 heteroatoms. The number of nitrogens with zero attached hydrogens (tertiary/aromatic N) is 1. The molecule has 2 nitrogen and oxygen atoms in total. The van der Waals surface area contributed by atoms with E-state index in [0.29, 0.717) is 16.8 Å². The summed E-state index contributed by atoms with van der Waals surface area (Å²) in [5, 5.41) is 0. The molecule has 0 bridgehead atoms. The van der Waals surface area contributed by atoms with Gasteiger partial charge in [0.1, 0.15) is 5.82 Å². The Morgan fingerprint density at radius 1 is 1.31 bits per heavy atom. The van der Waals surface area contributed by atoms with Crippen LogP contribution in [0.2, 0.25) is 0 Å². The minimum absolute atomic E-state index is 0.171. The summed E-state index contributed by atoms with van der Waals surface area (Å²) in [4.78, 5) is 2.08. The number of nitrogens with two attached hydrogens (primary N) is 1. The molecule has 0 saturated carbocycles. The van der Waals surface area contributed by atoms with Gasteiger partial charge in [0, 0.05) is 24.2 Å². The second-order valence-corrected chi connectivity index (χ2v) is 4.77. The first kappa shape index (κ1) is 11.2. The topological polar surface area (TPSA) is 29.3 Å². The van der Waals surface area contributed by atoms with Crippen LogP contribution in [-0.4, -0.2) is 13.1 Å². The maximum Gasteiger partial charge on any atom is 0.146 e. The van der Waals surface area contributed by atoms with Gasteiger partial charge < -0.3 is 10.6 Å². The zero-order valence-electron chi connectivity index (χ0n) is 9.96. The molecule has 1 heterocycles. The molecule has 0 aliphatic carbocycles. The third kappa shape index (κ3) is 1.75. The highest BCUT2D eigenvalue weighted by Gasteiger charge is 2.40. The van der Waals surface area contributed by atoms with Crippen molar-refractivity contribution in [1.82, 2.24) is 0 Å². The quantitative estimate of drug-likeness (QED) is 0.796. The number of benzene rings is 1. The molecule has 1 aromatic rings. The van der Waals surface area contributed by atoms with E-state index in [9.17, 15) is 4.39 Å². The van der Waals surface area contributed by atoms with Crippen LogP contribution in [0.25, 0.3) is 0 Å². The van der Waals surface area contributed by atoms with Crippen LogP contribution in [0.4, 0.5) is 15.8 Å². The van der Waals surface area contributed by atoms with Gasteiger partial charge in [0.05, 0.1) is 5.69 Å². The van der Waals surface area contributed by atoms with Gasteiger partial charge in [-0.25, -0.2) is 4.39 Å². The first-order valence-corrected chi connectivity index (χ1v) is 5.90. The summed E-state index contributed by atoms with van der Waals surface area (Å²) >= 11 is 0. The lowest BCUT2D eigenvalue weighted by Crippen LogP contribution is -2.56. The average molecular weight is 222 g/mol. The monoisotopic (exact) mass is 222 g/mol. The van der Waals surface area contributed by atoms with Crippen molar-refractivity contribution < 1.29 is 4.39 Å². The van der Waals surface area contributed by atoms with Crippen LogP contribution in [-0.2, 0) is 0 Å². The number of halogens is 1. The highest BCUT2D eigenvalue weighted by Crippen LogP contribution is 2.40. The van der Waals surface area contributed by atoms with Gasteiger partial charge in [0.2, 0.25) is 0 Å². The molecule has 2 N–H and O–H groups in total. The zero-order valence-corrected chi connectivity index (χ0v) is 9.96. The summed E-state index contributed by atoms with van der Waals surface area (Å²) in [6.07, 6.45) is 2.31. The van der Waals surface area contributed by atoms with E-state index in [-0.39, 0.29) is 5.82 Å². The standard InChI is InChI=1S/C13H19FN2/c1-3-13(4-2)8-16(9-13)12-7-10(15)5-6-11(12)14/h5-7H,3-4,8-9,15H2,1-2H3. The fourth-order valence-corrected chi connectivity index (χ4v) is 2.40. The van der Waals surface area contributed by atoms with Gasteiger partial charge in [-0.05, 0) is 31.0 Å². The Hall–Kier alpha value is -1.25. The molecule has 0 spiro atoms. The molecule has 0 unspecified atom stereocenters. The summed E-state index contributed by atoms with van der Waals surface area (Å²) in [7, 11) is 0. The van der Waals surface area contributed by atoms with E-state index in [1.54, 1.807) is 12.1 Å². The lowest BCUT2D eigenvalue weighted by atomic mass is 9.75. The molecule has 1 fully saturated rings. The fourth-order valence-electron chi connectivity index (χ4n) is 2.40. The molecule has 1 saturated heterocycles. The number of rotatable bonds is 3. The number of hydrogen-bond acceptors (Lipinski definition) is 2. The molecule has 0 aromatic heterocycles. The third-order valence-electron chi connectivity index (χ3n) is 3.86. The highest BCUT2D eigenvalue weighted by atomic mass is 19.1. The van der Waals surface area contributed by atoms with E-state index in [1.165, 1.54) is 6.07 Å². The van der Waals surface area contributed by atoms with E-state index in [2.05, 4.69) is 18.7 Å². The Balaban J connectivity index is 2.14. The molecular formula is C13H19FN2. The first-order valence-electron chi connectivity index (χ1n) is 5.90. The summed E-state index contributed by atoms with van der Waals surface area (Å²) < 4.78 is 13.6. The molecular weight excluding hydrogens is 203 g/mol. The van der Waals surface area contributed by atoms with Gasteiger partial charge in [-0.15, -0.1) is 0 Å². The minimum atomic E-state index is -0.171. The van der Waals surface area contributed by atoms with Crippen molar-refractivity contribution in [3.05, 3.63) is 24.0 Å². The lowest BCUT2D eigenvalue weighted by molar-refractivity contribution is 0.193. The van der Waals surface area contributed by atoms with Gasteiger partial charge in [-0.3, -0.25) is 0 Å². The second kappa shape index (κ2) is 3.96. The van der Waals surface area contributed by atoms with Crippen molar-refractivity contribution >= 4 is 11.4 Å². The Bertz CT molecular complexity index is 378. The van der Waals surface area contributed by atoms with Crippen molar-refractivity contribution in [2.24, 2.45) is 5.41 Å². The number of nitrogen functional groups attached to an aromatic ring is 1. The summed E-state index contributed by atoms with van der Waals surface area (Å²) in [6.45, 7) is 6.30. The van der Waals surface area contributed by atoms with Crippen LogP contribution in [0.1, 0.15) is 26.7 Å². The van der Waals surface area contributed by atoms with Gasteiger partial charge in [-0.1, -0.05) is 13.8 Å². The molecule has 2 rings (SSSR count). The van der Waals surface area contributed by atoms with Crippen molar-refractivity contribution in [3.63, 3.8) is 0 Å². The molecule has 1 aliphatic heterocycles. The number of anilines is 2. The van der Waals surface area contributed by atoms with Crippen LogP contribution in [0.15, 0.2) is 18.2 Å². The molecule has 16 heavy (non-hydrogen) atoms. The highest BCUT2D eigenvalue weighted by molar-refractivity contribution is 5.58. The van der Waals surface area contributed by atoms with Crippen LogP contribution >= 0.6 is 0 Å². The molecule has 1 aromatic carbocycles. The molecule has 0 amide bonds. The first-order chi connectivity index (χ1) is 7.60.